The summed E-state index contributed by atoms with van der Waals surface area (Å²) >= 11 is 3.40. The average molecular weight is 319 g/mol. The molecular weight excluding hydrogens is 304 g/mol. The Morgan fingerprint density at radius 2 is 2.21 bits per heavy atom. The predicted octanol–water partition coefficient (Wildman–Crippen LogP) is 2.76. The molecule has 0 spiro atoms. The molecular formula is C14H15BrN4. The summed E-state index contributed by atoms with van der Waals surface area (Å²) < 4.78 is 0.913. The Hall–Kier alpha value is -1.88. The van der Waals surface area contributed by atoms with Crippen molar-refractivity contribution >= 4 is 27.5 Å². The van der Waals surface area contributed by atoms with Crippen molar-refractivity contribution in [3.05, 3.63) is 58.3 Å². The van der Waals surface area contributed by atoms with Crippen molar-refractivity contribution in [3.63, 3.8) is 0 Å². The third kappa shape index (κ3) is 3.32. The molecule has 4 nitrogen and oxygen atoms in total. The lowest BCUT2D eigenvalue weighted by Crippen LogP contribution is -2.22. The highest BCUT2D eigenvalue weighted by molar-refractivity contribution is 9.10. The van der Waals surface area contributed by atoms with Crippen molar-refractivity contribution in [2.45, 2.75) is 6.54 Å². The summed E-state index contributed by atoms with van der Waals surface area (Å²) in [7, 11) is 1.97. The second-order valence-electron chi connectivity index (χ2n) is 4.29. The monoisotopic (exact) mass is 318 g/mol. The lowest BCUT2D eigenvalue weighted by Gasteiger charge is -2.22. The number of amidine groups is 1. The van der Waals surface area contributed by atoms with E-state index >= 15 is 0 Å². The van der Waals surface area contributed by atoms with Crippen molar-refractivity contribution in [1.82, 2.24) is 4.98 Å². The lowest BCUT2D eigenvalue weighted by atomic mass is 10.1. The molecule has 0 unspecified atom stereocenters. The summed E-state index contributed by atoms with van der Waals surface area (Å²) in [5.74, 6) is 0.0642. The maximum Gasteiger partial charge on any atom is 0.124 e. The van der Waals surface area contributed by atoms with Crippen LogP contribution in [0.25, 0.3) is 0 Å². The average Bonchev–Trinajstić information content (AvgIpc) is 2.39. The Kier molecular flexibility index (Phi) is 4.16. The van der Waals surface area contributed by atoms with E-state index in [1.54, 1.807) is 6.20 Å². The van der Waals surface area contributed by atoms with Crippen LogP contribution in [0, 0.1) is 5.41 Å². The number of nitrogen functional groups attached to an aromatic ring is 1. The Balaban J connectivity index is 2.28. The van der Waals surface area contributed by atoms with E-state index in [4.69, 9.17) is 11.1 Å². The van der Waals surface area contributed by atoms with Gasteiger partial charge in [0, 0.05) is 41.7 Å². The van der Waals surface area contributed by atoms with E-state index in [-0.39, 0.29) is 5.84 Å². The number of nitrogens with zero attached hydrogens (tertiary/aromatic N) is 2. The van der Waals surface area contributed by atoms with E-state index in [1.165, 1.54) is 0 Å². The van der Waals surface area contributed by atoms with E-state index < -0.39 is 0 Å². The number of hydrogen-bond acceptors (Lipinski definition) is 3. The van der Waals surface area contributed by atoms with Crippen molar-refractivity contribution in [3.8, 4) is 0 Å². The summed E-state index contributed by atoms with van der Waals surface area (Å²) in [5.41, 5.74) is 8.40. The molecule has 0 amide bonds. The zero-order chi connectivity index (χ0) is 13.8. The smallest absolute Gasteiger partial charge is 0.124 e. The van der Waals surface area contributed by atoms with Crippen LogP contribution >= 0.6 is 15.9 Å². The molecule has 0 atom stereocenters. The molecule has 98 valence electrons. The molecule has 19 heavy (non-hydrogen) atoms. The summed E-state index contributed by atoms with van der Waals surface area (Å²) in [4.78, 5) is 6.16. The van der Waals surface area contributed by atoms with Crippen LogP contribution in [0.15, 0.2) is 47.2 Å². The van der Waals surface area contributed by atoms with E-state index in [0.29, 0.717) is 0 Å². The first-order chi connectivity index (χ1) is 9.08. The van der Waals surface area contributed by atoms with Crippen LogP contribution in [0.3, 0.4) is 0 Å². The molecule has 1 aromatic carbocycles. The second kappa shape index (κ2) is 5.84. The third-order valence-electron chi connectivity index (χ3n) is 2.80. The van der Waals surface area contributed by atoms with Gasteiger partial charge in [0.05, 0.1) is 0 Å². The molecule has 0 aliphatic heterocycles. The van der Waals surface area contributed by atoms with Crippen LogP contribution in [0.4, 0.5) is 5.69 Å². The number of aromatic nitrogens is 1. The molecule has 5 heteroatoms. The fraction of sp³-hybridized carbons (Fsp3) is 0.143. The summed E-state index contributed by atoms with van der Waals surface area (Å²) in [5, 5.41) is 7.66. The quantitative estimate of drug-likeness (QED) is 0.673. The minimum absolute atomic E-state index is 0.0642. The van der Waals surface area contributed by atoms with Gasteiger partial charge in [-0.25, -0.2) is 0 Å². The maximum atomic E-state index is 7.66. The number of pyridine rings is 1. The van der Waals surface area contributed by atoms with Gasteiger partial charge in [-0.1, -0.05) is 22.0 Å². The minimum Gasteiger partial charge on any atom is -0.384 e. The van der Waals surface area contributed by atoms with Crippen LogP contribution in [0.5, 0.6) is 0 Å². The number of halogens is 1. The molecule has 2 rings (SSSR count). The molecule has 0 saturated carbocycles. The molecule has 3 N–H and O–H groups in total. The number of hydrogen-bond donors (Lipinski definition) is 2. The van der Waals surface area contributed by atoms with Crippen molar-refractivity contribution in [2.24, 2.45) is 5.73 Å². The molecule has 1 aromatic heterocycles. The molecule has 2 aromatic rings. The van der Waals surface area contributed by atoms with E-state index in [0.717, 1.165) is 27.8 Å². The highest BCUT2D eigenvalue weighted by atomic mass is 79.9. The first-order valence-electron chi connectivity index (χ1n) is 5.82. The first-order valence-corrected chi connectivity index (χ1v) is 6.61. The van der Waals surface area contributed by atoms with Gasteiger partial charge in [-0.2, -0.15) is 0 Å². The van der Waals surface area contributed by atoms with Gasteiger partial charge < -0.3 is 10.6 Å². The van der Waals surface area contributed by atoms with Crippen molar-refractivity contribution < 1.29 is 0 Å². The summed E-state index contributed by atoms with van der Waals surface area (Å²) in [6.07, 6.45) is 3.59. The SMILES string of the molecule is CN(Cc1cccnc1)c1ccc(Br)cc1C(=N)N. The fourth-order valence-electron chi connectivity index (χ4n) is 1.91. The first kappa shape index (κ1) is 13.5. The molecule has 0 aliphatic rings. The lowest BCUT2D eigenvalue weighted by molar-refractivity contribution is 0.913. The van der Waals surface area contributed by atoms with Gasteiger partial charge >= 0.3 is 0 Å². The number of rotatable bonds is 4. The van der Waals surface area contributed by atoms with Gasteiger partial charge in [0.15, 0.2) is 0 Å². The standard InChI is InChI=1S/C14H15BrN4/c1-19(9-10-3-2-6-18-8-10)13-5-4-11(15)7-12(13)14(16)17/h2-8H,9H2,1H3,(H3,16,17). The van der Waals surface area contributed by atoms with Crippen LogP contribution in [-0.4, -0.2) is 17.9 Å². The van der Waals surface area contributed by atoms with Crippen LogP contribution in [0.2, 0.25) is 0 Å². The Morgan fingerprint density at radius 1 is 1.42 bits per heavy atom. The number of benzene rings is 1. The van der Waals surface area contributed by atoms with Crippen LogP contribution in [-0.2, 0) is 6.54 Å². The third-order valence-corrected chi connectivity index (χ3v) is 3.30. The summed E-state index contributed by atoms with van der Waals surface area (Å²) in [6, 6.07) is 9.70. The zero-order valence-electron chi connectivity index (χ0n) is 10.6. The van der Waals surface area contributed by atoms with Gasteiger partial charge in [-0.05, 0) is 29.8 Å². The van der Waals surface area contributed by atoms with Gasteiger partial charge in [-0.3, -0.25) is 10.4 Å². The van der Waals surface area contributed by atoms with Crippen molar-refractivity contribution in [1.29, 1.82) is 5.41 Å². The predicted molar refractivity (Wildman–Crippen MR) is 81.5 cm³/mol. The van der Waals surface area contributed by atoms with E-state index in [2.05, 4.69) is 25.8 Å². The minimum atomic E-state index is 0.0642. The van der Waals surface area contributed by atoms with Gasteiger partial charge in [-0.15, -0.1) is 0 Å². The van der Waals surface area contributed by atoms with E-state index in [1.807, 2.05) is 43.6 Å². The fourth-order valence-corrected chi connectivity index (χ4v) is 2.27. The Morgan fingerprint density at radius 3 is 2.84 bits per heavy atom. The maximum absolute atomic E-state index is 7.66. The number of nitrogens with two attached hydrogens (primary N) is 1. The van der Waals surface area contributed by atoms with Gasteiger partial charge in [0.25, 0.3) is 0 Å². The highest BCUT2D eigenvalue weighted by Crippen LogP contribution is 2.24. The van der Waals surface area contributed by atoms with E-state index in [9.17, 15) is 0 Å². The molecule has 0 saturated heterocycles. The van der Waals surface area contributed by atoms with Gasteiger partial charge in [0.2, 0.25) is 0 Å². The molecule has 0 aliphatic carbocycles. The zero-order valence-corrected chi connectivity index (χ0v) is 12.2. The largest absolute Gasteiger partial charge is 0.384 e. The molecule has 0 radical (unpaired) electrons. The molecule has 0 bridgehead atoms. The number of nitrogens with one attached hydrogen (secondary N) is 1. The Labute approximate surface area is 120 Å². The van der Waals surface area contributed by atoms with Crippen LogP contribution in [0.1, 0.15) is 11.1 Å². The second-order valence-corrected chi connectivity index (χ2v) is 5.21. The highest BCUT2D eigenvalue weighted by Gasteiger charge is 2.10. The normalized spacial score (nSPS) is 10.2. The van der Waals surface area contributed by atoms with Crippen molar-refractivity contribution in [2.75, 3.05) is 11.9 Å². The number of anilines is 1. The van der Waals surface area contributed by atoms with Crippen LogP contribution < -0.4 is 10.6 Å². The molecule has 0 fully saturated rings. The molecule has 1 heterocycles. The summed E-state index contributed by atoms with van der Waals surface area (Å²) in [6.45, 7) is 0.718. The Bertz CT molecular complexity index is 583. The van der Waals surface area contributed by atoms with Gasteiger partial charge in [0.1, 0.15) is 5.84 Å². The topological polar surface area (TPSA) is 66.0 Å².